The Balaban J connectivity index is 2.38. The van der Waals surface area contributed by atoms with Crippen molar-refractivity contribution >= 4 is 23.4 Å². The molecule has 1 aromatic carbocycles. The van der Waals surface area contributed by atoms with E-state index in [2.05, 4.69) is 22.2 Å². The van der Waals surface area contributed by atoms with Crippen LogP contribution in [0.5, 0.6) is 5.75 Å². The molecule has 0 bridgehead atoms. The first-order chi connectivity index (χ1) is 13.0. The molecule has 1 atom stereocenters. The third-order valence-electron chi connectivity index (χ3n) is 4.56. The van der Waals surface area contributed by atoms with Crippen molar-refractivity contribution in [3.8, 4) is 5.75 Å². The van der Waals surface area contributed by atoms with E-state index in [1.807, 2.05) is 25.1 Å². The maximum Gasteiger partial charge on any atom is 0.222 e. The van der Waals surface area contributed by atoms with E-state index in [0.29, 0.717) is 18.7 Å². The van der Waals surface area contributed by atoms with Gasteiger partial charge in [-0.25, -0.2) is 4.98 Å². The van der Waals surface area contributed by atoms with E-state index in [1.165, 1.54) is 0 Å². The summed E-state index contributed by atoms with van der Waals surface area (Å²) in [6.45, 7) is 4.18. The van der Waals surface area contributed by atoms with Crippen LogP contribution >= 0.6 is 11.6 Å². The van der Waals surface area contributed by atoms with Gasteiger partial charge in [0.1, 0.15) is 11.6 Å². The van der Waals surface area contributed by atoms with E-state index in [-0.39, 0.29) is 18.6 Å². The monoisotopic (exact) mass is 392 g/mol. The minimum Gasteiger partial charge on any atom is -0.496 e. The maximum atomic E-state index is 9.35. The lowest BCUT2D eigenvalue weighted by Gasteiger charge is -2.21. The van der Waals surface area contributed by atoms with Crippen molar-refractivity contribution in [2.24, 2.45) is 0 Å². The maximum absolute atomic E-state index is 9.35. The minimum atomic E-state index is 0.125. The van der Waals surface area contributed by atoms with Gasteiger partial charge in [0.25, 0.3) is 0 Å². The molecule has 0 fully saturated rings. The Bertz CT molecular complexity index is 749. The van der Waals surface area contributed by atoms with E-state index >= 15 is 0 Å². The summed E-state index contributed by atoms with van der Waals surface area (Å²) in [5.41, 5.74) is 9.72. The first kappa shape index (κ1) is 21.3. The van der Waals surface area contributed by atoms with Crippen molar-refractivity contribution in [1.29, 1.82) is 0 Å². The number of benzene rings is 1. The van der Waals surface area contributed by atoms with E-state index in [4.69, 9.17) is 22.1 Å². The number of hydrogen-bond acceptors (Lipinski definition) is 6. The number of anilines is 2. The second-order valence-electron chi connectivity index (χ2n) is 6.59. The summed E-state index contributed by atoms with van der Waals surface area (Å²) in [6, 6.07) is 6.10. The van der Waals surface area contributed by atoms with Crippen LogP contribution in [-0.4, -0.2) is 34.8 Å². The number of aliphatic hydroxyl groups excluding tert-OH is 1. The molecule has 0 aliphatic heterocycles. The van der Waals surface area contributed by atoms with Crippen molar-refractivity contribution < 1.29 is 9.84 Å². The second-order valence-corrected chi connectivity index (χ2v) is 6.86. The Labute approximate surface area is 166 Å². The molecule has 1 heterocycles. The number of hydrogen-bond donors (Lipinski definition) is 3. The molecule has 0 radical (unpaired) electrons. The molecule has 27 heavy (non-hydrogen) atoms. The standard InChI is InChI=1S/C20H29ClN4O2/c1-4-5-16(8-9-26)24-19-17(13(2)23-20(22)25-19)11-15-7-6-14(12-21)10-18(15)27-3/h6-7,10,16,26H,4-5,8-9,11-12H2,1-3H3,(H3,22,23,24,25). The van der Waals surface area contributed by atoms with Gasteiger partial charge in [-0.3, -0.25) is 0 Å². The molecule has 0 aliphatic rings. The first-order valence-corrected chi connectivity index (χ1v) is 9.77. The number of aromatic nitrogens is 2. The van der Waals surface area contributed by atoms with Gasteiger partial charge in [0, 0.05) is 36.2 Å². The Hall–Kier alpha value is -2.05. The Morgan fingerprint density at radius 1 is 1.30 bits per heavy atom. The molecular weight excluding hydrogens is 364 g/mol. The summed E-state index contributed by atoms with van der Waals surface area (Å²) in [5, 5.41) is 12.8. The Morgan fingerprint density at radius 2 is 2.07 bits per heavy atom. The van der Waals surface area contributed by atoms with Crippen LogP contribution in [-0.2, 0) is 12.3 Å². The third kappa shape index (κ3) is 5.71. The van der Waals surface area contributed by atoms with Crippen LogP contribution in [0.25, 0.3) is 0 Å². The number of rotatable bonds is 10. The molecule has 1 aromatic heterocycles. The van der Waals surface area contributed by atoms with Gasteiger partial charge in [-0.15, -0.1) is 11.6 Å². The van der Waals surface area contributed by atoms with Gasteiger partial charge in [-0.1, -0.05) is 25.5 Å². The summed E-state index contributed by atoms with van der Waals surface area (Å²) < 4.78 is 5.54. The Kier molecular flexibility index (Phi) is 8.13. The zero-order valence-corrected chi connectivity index (χ0v) is 17.0. The number of methoxy groups -OCH3 is 1. The molecule has 4 N–H and O–H groups in total. The average Bonchev–Trinajstić information content (AvgIpc) is 2.65. The van der Waals surface area contributed by atoms with Crippen LogP contribution in [0.1, 0.15) is 48.6 Å². The van der Waals surface area contributed by atoms with Gasteiger partial charge in [-0.2, -0.15) is 4.98 Å². The molecule has 7 heteroatoms. The molecule has 0 amide bonds. The highest BCUT2D eigenvalue weighted by molar-refractivity contribution is 6.17. The van der Waals surface area contributed by atoms with Gasteiger partial charge >= 0.3 is 0 Å². The third-order valence-corrected chi connectivity index (χ3v) is 4.87. The predicted octanol–water partition coefficient (Wildman–Crippen LogP) is 3.67. The zero-order valence-electron chi connectivity index (χ0n) is 16.3. The molecule has 2 rings (SSSR count). The van der Waals surface area contributed by atoms with Crippen molar-refractivity contribution in [2.75, 3.05) is 24.8 Å². The van der Waals surface area contributed by atoms with E-state index in [0.717, 1.165) is 46.8 Å². The van der Waals surface area contributed by atoms with Crippen LogP contribution in [0, 0.1) is 6.92 Å². The summed E-state index contributed by atoms with van der Waals surface area (Å²) >= 11 is 5.93. The highest BCUT2D eigenvalue weighted by atomic mass is 35.5. The van der Waals surface area contributed by atoms with Crippen LogP contribution in [0.4, 0.5) is 11.8 Å². The fourth-order valence-corrected chi connectivity index (χ4v) is 3.31. The fraction of sp³-hybridized carbons (Fsp3) is 0.500. The van der Waals surface area contributed by atoms with Crippen LogP contribution in [0.15, 0.2) is 18.2 Å². The topological polar surface area (TPSA) is 93.3 Å². The second kappa shape index (κ2) is 10.3. The van der Waals surface area contributed by atoms with Crippen LogP contribution in [0.3, 0.4) is 0 Å². The van der Waals surface area contributed by atoms with Gasteiger partial charge in [0.2, 0.25) is 5.95 Å². The number of ether oxygens (including phenoxy) is 1. The first-order valence-electron chi connectivity index (χ1n) is 9.24. The van der Waals surface area contributed by atoms with Gasteiger partial charge < -0.3 is 20.9 Å². The zero-order chi connectivity index (χ0) is 19.8. The number of aliphatic hydroxyl groups is 1. The number of nitrogens with one attached hydrogen (secondary N) is 1. The molecule has 0 aliphatic carbocycles. The highest BCUT2D eigenvalue weighted by Gasteiger charge is 2.17. The van der Waals surface area contributed by atoms with E-state index in [9.17, 15) is 5.11 Å². The van der Waals surface area contributed by atoms with E-state index < -0.39 is 0 Å². The van der Waals surface area contributed by atoms with Gasteiger partial charge in [0.05, 0.1) is 7.11 Å². The van der Waals surface area contributed by atoms with Crippen molar-refractivity contribution in [2.45, 2.75) is 51.5 Å². The lowest BCUT2D eigenvalue weighted by molar-refractivity contribution is 0.276. The molecule has 6 nitrogen and oxygen atoms in total. The van der Waals surface area contributed by atoms with Gasteiger partial charge in [-0.05, 0) is 37.0 Å². The van der Waals surface area contributed by atoms with Crippen molar-refractivity contribution in [1.82, 2.24) is 9.97 Å². The summed E-state index contributed by atoms with van der Waals surface area (Å²) in [6.07, 6.45) is 3.22. The van der Waals surface area contributed by atoms with Crippen LogP contribution in [0.2, 0.25) is 0 Å². The number of halogens is 1. The minimum absolute atomic E-state index is 0.125. The molecule has 0 spiro atoms. The summed E-state index contributed by atoms with van der Waals surface area (Å²) in [7, 11) is 1.65. The normalized spacial score (nSPS) is 12.0. The summed E-state index contributed by atoms with van der Waals surface area (Å²) in [4.78, 5) is 8.77. The Morgan fingerprint density at radius 3 is 2.70 bits per heavy atom. The number of nitrogens with zero attached hydrogens (tertiary/aromatic N) is 2. The van der Waals surface area contributed by atoms with E-state index in [1.54, 1.807) is 7.11 Å². The quantitative estimate of drug-likeness (QED) is 0.534. The predicted molar refractivity (Wildman–Crippen MR) is 111 cm³/mol. The average molecular weight is 393 g/mol. The lowest BCUT2D eigenvalue weighted by atomic mass is 10.0. The molecule has 148 valence electrons. The largest absolute Gasteiger partial charge is 0.496 e. The number of alkyl halides is 1. The molecule has 0 saturated heterocycles. The van der Waals surface area contributed by atoms with Crippen molar-refractivity contribution in [3.63, 3.8) is 0 Å². The highest BCUT2D eigenvalue weighted by Crippen LogP contribution is 2.28. The molecule has 2 aromatic rings. The summed E-state index contributed by atoms with van der Waals surface area (Å²) in [5.74, 6) is 2.18. The van der Waals surface area contributed by atoms with Crippen LogP contribution < -0.4 is 15.8 Å². The van der Waals surface area contributed by atoms with Crippen molar-refractivity contribution in [3.05, 3.63) is 40.6 Å². The fourth-order valence-electron chi connectivity index (χ4n) is 3.14. The molecule has 0 saturated carbocycles. The smallest absolute Gasteiger partial charge is 0.222 e. The van der Waals surface area contributed by atoms with Gasteiger partial charge in [0.15, 0.2) is 0 Å². The number of nitrogens with two attached hydrogens (primary N) is 1. The molecular formula is C20H29ClN4O2. The SMILES string of the molecule is CCCC(CCO)Nc1nc(N)nc(C)c1Cc1ccc(CCl)cc1OC. The number of nitrogen functional groups attached to an aromatic ring is 1. The number of aryl methyl sites for hydroxylation is 1. The lowest BCUT2D eigenvalue weighted by Crippen LogP contribution is -2.23. The molecule has 1 unspecified atom stereocenters.